The van der Waals surface area contributed by atoms with Crippen LogP contribution in [0, 0.1) is 0 Å². The highest BCUT2D eigenvalue weighted by Crippen LogP contribution is 3.02. The monoisotopic (exact) mass is 646 g/mol. The highest BCUT2D eigenvalue weighted by atomic mass is 32.5. The largest absolute Gasteiger partial charge is 0.366 e. The number of benzene rings is 1. The van der Waals surface area contributed by atoms with Crippen molar-refractivity contribution in [2.24, 2.45) is 0 Å². The van der Waals surface area contributed by atoms with Gasteiger partial charge < -0.3 is 14.6 Å². The van der Waals surface area contributed by atoms with Crippen molar-refractivity contribution in [2.45, 2.75) is 79.5 Å². The van der Waals surface area contributed by atoms with E-state index in [0.29, 0.717) is 43.7 Å². The maximum Gasteiger partial charge on any atom is 0.310 e. The first-order valence-corrected chi connectivity index (χ1v) is 19.0. The van der Waals surface area contributed by atoms with E-state index in [9.17, 15) is 24.2 Å². The predicted molar refractivity (Wildman–Crippen MR) is 163 cm³/mol. The van der Waals surface area contributed by atoms with E-state index in [0.717, 1.165) is 54.2 Å². The maximum absolute atomic E-state index is 13.1. The van der Waals surface area contributed by atoms with Gasteiger partial charge in [-0.1, -0.05) is 40.2 Å². The number of hydrogen-bond acceptors (Lipinski definition) is 4. The second-order valence-electron chi connectivity index (χ2n) is 14.2. The van der Waals surface area contributed by atoms with Crippen molar-refractivity contribution >= 4 is 37.3 Å². The van der Waals surface area contributed by atoms with Crippen molar-refractivity contribution in [1.29, 1.82) is 0 Å². The molecule has 0 unspecified atom stereocenters. The fourth-order valence-corrected chi connectivity index (χ4v) is 8.05. The number of aromatic nitrogens is 3. The van der Waals surface area contributed by atoms with E-state index in [2.05, 4.69) is 43.3 Å². The van der Waals surface area contributed by atoms with Crippen LogP contribution in [-0.4, -0.2) is 67.6 Å². The SMILES string of the molecule is CC(C)(C)S(C)(C)COC12CC(c3nc4nccc(C5CCN(C(=O)c6ccc(S(F)(F)(F)(F)F)cc6)CC5)c4[nH]3)(C1)C2. The average molecular weight is 647 g/mol. The lowest BCUT2D eigenvalue weighted by molar-refractivity contribution is -0.238. The second kappa shape index (κ2) is 8.87. The molecule has 1 aliphatic heterocycles. The third-order valence-corrected chi connectivity index (χ3v) is 15.2. The summed E-state index contributed by atoms with van der Waals surface area (Å²) in [7, 11) is -10.7. The number of pyridine rings is 1. The number of likely N-dealkylation sites (tertiary alicyclic amines) is 1. The van der Waals surface area contributed by atoms with Crippen LogP contribution in [0.5, 0.6) is 0 Å². The van der Waals surface area contributed by atoms with Crippen LogP contribution in [0.1, 0.15) is 80.5 Å². The van der Waals surface area contributed by atoms with E-state index in [1.54, 1.807) is 11.1 Å². The van der Waals surface area contributed by atoms with Gasteiger partial charge in [-0.2, -0.15) is 0 Å². The van der Waals surface area contributed by atoms with Gasteiger partial charge in [0.1, 0.15) is 10.7 Å². The number of nitrogens with zero attached hydrogens (tertiary/aromatic N) is 3. The van der Waals surface area contributed by atoms with Crippen molar-refractivity contribution in [3.8, 4) is 0 Å². The van der Waals surface area contributed by atoms with Crippen LogP contribution >= 0.6 is 20.3 Å². The zero-order valence-electron chi connectivity index (χ0n) is 25.1. The Morgan fingerprint density at radius 2 is 1.65 bits per heavy atom. The Bertz CT molecular complexity index is 1570. The van der Waals surface area contributed by atoms with Crippen molar-refractivity contribution in [1.82, 2.24) is 19.9 Å². The predicted octanol–water partition coefficient (Wildman–Crippen LogP) is 8.65. The molecule has 0 radical (unpaired) electrons. The molecular weight excluding hydrogens is 607 g/mol. The number of rotatable bonds is 7. The number of aromatic amines is 1. The summed E-state index contributed by atoms with van der Waals surface area (Å²) < 4.78 is 72.0. The van der Waals surface area contributed by atoms with Crippen LogP contribution in [0.3, 0.4) is 0 Å². The van der Waals surface area contributed by atoms with Crippen LogP contribution in [0.2, 0.25) is 0 Å². The fourth-order valence-electron chi connectivity index (χ4n) is 6.50. The van der Waals surface area contributed by atoms with Crippen LogP contribution in [0.15, 0.2) is 41.4 Å². The Kier molecular flexibility index (Phi) is 6.32. The van der Waals surface area contributed by atoms with E-state index in [4.69, 9.17) is 9.72 Å². The highest BCUT2D eigenvalue weighted by Gasteiger charge is 2.71. The Balaban J connectivity index is 1.10. The number of H-pyrrole nitrogens is 1. The van der Waals surface area contributed by atoms with Crippen LogP contribution in [-0.2, 0) is 10.2 Å². The first-order chi connectivity index (χ1) is 19.6. The van der Waals surface area contributed by atoms with Gasteiger partial charge in [0, 0.05) is 30.3 Å². The zero-order chi connectivity index (χ0) is 31.3. The molecule has 1 saturated heterocycles. The van der Waals surface area contributed by atoms with Crippen molar-refractivity contribution < 1.29 is 29.0 Å². The van der Waals surface area contributed by atoms with Gasteiger partial charge in [0.15, 0.2) is 5.65 Å². The normalized spacial score (nSPS) is 26.8. The zero-order valence-corrected chi connectivity index (χ0v) is 26.7. The molecule has 3 aliphatic carbocycles. The third kappa shape index (κ3) is 5.43. The summed E-state index contributed by atoms with van der Waals surface area (Å²) in [6.07, 6.45) is 10.6. The van der Waals surface area contributed by atoms with Crippen LogP contribution < -0.4 is 0 Å². The van der Waals surface area contributed by atoms with E-state index in [1.807, 2.05) is 6.07 Å². The van der Waals surface area contributed by atoms with Gasteiger partial charge >= 0.3 is 10.2 Å². The summed E-state index contributed by atoms with van der Waals surface area (Å²) in [5, 5.41) is 0. The molecule has 1 N–H and O–H groups in total. The summed E-state index contributed by atoms with van der Waals surface area (Å²) in [4.78, 5) is 25.5. The summed E-state index contributed by atoms with van der Waals surface area (Å²) in [6.45, 7) is 7.63. The van der Waals surface area contributed by atoms with Gasteiger partial charge in [0.05, 0.1) is 17.1 Å². The molecule has 2 aromatic heterocycles. The number of ether oxygens (including phenoxy) is 1. The second-order valence-corrected chi connectivity index (χ2v) is 21.1. The molecule has 238 valence electrons. The van der Waals surface area contributed by atoms with E-state index < -0.39 is 31.1 Å². The number of amides is 1. The molecule has 4 fully saturated rings. The van der Waals surface area contributed by atoms with E-state index >= 15 is 0 Å². The van der Waals surface area contributed by atoms with Gasteiger partial charge in [-0.05, 0) is 91.2 Å². The molecule has 6 nitrogen and oxygen atoms in total. The van der Waals surface area contributed by atoms with Crippen LogP contribution in [0.4, 0.5) is 19.4 Å². The molecule has 3 heterocycles. The van der Waals surface area contributed by atoms with Gasteiger partial charge in [-0.15, -0.1) is 0 Å². The lowest BCUT2D eigenvalue weighted by Gasteiger charge is -2.69. The first kappa shape index (κ1) is 30.6. The number of nitrogens with one attached hydrogen (secondary N) is 1. The number of halogens is 5. The molecule has 43 heavy (non-hydrogen) atoms. The van der Waals surface area contributed by atoms with Crippen LogP contribution in [0.25, 0.3) is 11.2 Å². The third-order valence-electron chi connectivity index (χ3n) is 9.99. The minimum absolute atomic E-state index is 0.00231. The molecule has 2 bridgehead atoms. The molecule has 13 heteroatoms. The lowest BCUT2D eigenvalue weighted by atomic mass is 9.41. The molecule has 7 rings (SSSR count). The molecule has 4 aliphatic rings. The summed E-state index contributed by atoms with van der Waals surface area (Å²) in [5.74, 6) is 1.43. The molecule has 0 spiro atoms. The van der Waals surface area contributed by atoms with E-state index in [-0.39, 0.29) is 27.2 Å². The number of carbonyl (C=O) groups is 1. The molecule has 3 saturated carbocycles. The van der Waals surface area contributed by atoms with Gasteiger partial charge in [-0.25, -0.2) is 20.0 Å². The summed E-state index contributed by atoms with van der Waals surface area (Å²) in [6, 6.07) is 4.21. The van der Waals surface area contributed by atoms with Crippen molar-refractivity contribution in [2.75, 3.05) is 31.5 Å². The van der Waals surface area contributed by atoms with Gasteiger partial charge in [-0.3, -0.25) is 4.79 Å². The Hall–Kier alpha value is -2.38. The Morgan fingerprint density at radius 1 is 1.05 bits per heavy atom. The number of hydrogen-bond donors (Lipinski definition) is 1. The minimum Gasteiger partial charge on any atom is -0.366 e. The molecule has 3 aromatic rings. The van der Waals surface area contributed by atoms with Crippen molar-refractivity contribution in [3.63, 3.8) is 0 Å². The Labute approximate surface area is 250 Å². The number of fused-ring (bicyclic) bond motifs is 1. The maximum atomic E-state index is 13.1. The summed E-state index contributed by atoms with van der Waals surface area (Å²) >= 11 is 0. The first-order valence-electron chi connectivity index (χ1n) is 14.4. The van der Waals surface area contributed by atoms with Gasteiger partial charge in [0.2, 0.25) is 0 Å². The number of imidazole rings is 1. The standard InChI is InChI=1S/C30H39F5N4O2S2/c1-28(2,3)42(4,5)19-41-30-16-29(17-30,18-30)27-37-24-23(10-13-36-25(24)38-27)20-11-14-39(15-12-20)26(40)21-6-8-22(9-7-21)43(31,32,33,34)35/h6-10,13,20H,11-12,14-19H2,1-5H3,(H,36,37,38). The number of piperidine rings is 1. The topological polar surface area (TPSA) is 71.1 Å². The minimum atomic E-state index is -9.78. The van der Waals surface area contributed by atoms with Gasteiger partial charge in [0.25, 0.3) is 5.91 Å². The molecular formula is C30H39F5N4O2S2. The smallest absolute Gasteiger partial charge is 0.310 e. The quantitative estimate of drug-likeness (QED) is 0.261. The molecule has 1 amide bonds. The van der Waals surface area contributed by atoms with E-state index in [1.165, 1.54) is 0 Å². The molecule has 0 atom stereocenters. The highest BCUT2D eigenvalue weighted by molar-refractivity contribution is 8.45. The summed E-state index contributed by atoms with van der Waals surface area (Å²) in [5.41, 5.74) is 2.59. The fraction of sp³-hybridized carbons (Fsp3) is 0.567. The Morgan fingerprint density at radius 3 is 2.21 bits per heavy atom. The van der Waals surface area contributed by atoms with Crippen molar-refractivity contribution in [3.05, 3.63) is 53.5 Å². The lowest BCUT2D eigenvalue weighted by Crippen LogP contribution is -2.71. The number of carbonyl (C=O) groups excluding carboxylic acids is 1. The average Bonchev–Trinajstić information content (AvgIpc) is 3.29. The molecule has 1 aromatic carbocycles.